The van der Waals surface area contributed by atoms with Gasteiger partial charge in [0.15, 0.2) is 0 Å². The fourth-order valence-electron chi connectivity index (χ4n) is 0.866. The zero-order valence-electron chi connectivity index (χ0n) is 8.73. The quantitative estimate of drug-likeness (QED) is 0.232. The van der Waals surface area contributed by atoms with Crippen molar-refractivity contribution in [3.05, 3.63) is 21.9 Å². The van der Waals surface area contributed by atoms with Crippen LogP contribution in [0.25, 0.3) is 0 Å². The molecule has 0 saturated carbocycles. The number of nitrogens with zero attached hydrogens (tertiary/aromatic N) is 1. The Labute approximate surface area is 93.2 Å². The first-order valence-corrected chi connectivity index (χ1v) is 5.12. The van der Waals surface area contributed by atoms with E-state index in [2.05, 4.69) is 0 Å². The molecule has 0 aromatic heterocycles. The molecule has 0 N–H and O–H groups in total. The first kappa shape index (κ1) is 13.9. The average molecular weight is 236 g/mol. The first-order valence-electron chi connectivity index (χ1n) is 4.59. The summed E-state index contributed by atoms with van der Waals surface area (Å²) in [7, 11) is 0. The molecule has 0 spiro atoms. The summed E-state index contributed by atoms with van der Waals surface area (Å²) in [6.07, 6.45) is 1.26. The topological polar surface area (TPSA) is 69.4 Å². The number of ether oxygens (including phenoxy) is 1. The lowest BCUT2D eigenvalue weighted by Gasteiger charge is -2.04. The molecule has 0 saturated heterocycles. The van der Waals surface area contributed by atoms with Gasteiger partial charge in [-0.25, -0.2) is 4.79 Å². The van der Waals surface area contributed by atoms with E-state index in [0.717, 1.165) is 6.08 Å². The van der Waals surface area contributed by atoms with E-state index >= 15 is 0 Å². The third-order valence-corrected chi connectivity index (χ3v) is 1.70. The Bertz CT molecular complexity index is 263. The molecule has 0 aliphatic rings. The van der Waals surface area contributed by atoms with Crippen molar-refractivity contribution < 1.29 is 14.5 Å². The van der Waals surface area contributed by atoms with Crippen LogP contribution in [0.15, 0.2) is 11.8 Å². The number of hydrogen-bond acceptors (Lipinski definition) is 4. The van der Waals surface area contributed by atoms with Crippen molar-refractivity contribution in [3.8, 4) is 0 Å². The van der Waals surface area contributed by atoms with Gasteiger partial charge in [-0.2, -0.15) is 0 Å². The maximum Gasteiger partial charge on any atom is 0.337 e. The van der Waals surface area contributed by atoms with Gasteiger partial charge in [0.25, 0.3) is 5.70 Å². The molecule has 86 valence electrons. The maximum absolute atomic E-state index is 11.1. The van der Waals surface area contributed by atoms with Crippen LogP contribution in [0.3, 0.4) is 0 Å². The first-order chi connectivity index (χ1) is 6.97. The van der Waals surface area contributed by atoms with E-state index in [1.54, 1.807) is 13.8 Å². The van der Waals surface area contributed by atoms with Gasteiger partial charge >= 0.3 is 5.97 Å². The van der Waals surface area contributed by atoms with Crippen LogP contribution in [0.2, 0.25) is 0 Å². The van der Waals surface area contributed by atoms with Crippen molar-refractivity contribution >= 4 is 17.6 Å². The van der Waals surface area contributed by atoms with Crippen molar-refractivity contribution in [1.82, 2.24) is 0 Å². The van der Waals surface area contributed by atoms with E-state index in [1.165, 1.54) is 0 Å². The molecule has 15 heavy (non-hydrogen) atoms. The zero-order valence-corrected chi connectivity index (χ0v) is 9.49. The monoisotopic (exact) mass is 235 g/mol. The van der Waals surface area contributed by atoms with Gasteiger partial charge in [0.2, 0.25) is 0 Å². The maximum atomic E-state index is 11.1. The second-order valence-corrected chi connectivity index (χ2v) is 3.55. The Morgan fingerprint density at radius 3 is 2.60 bits per heavy atom. The molecule has 0 atom stereocenters. The molecule has 6 heteroatoms. The van der Waals surface area contributed by atoms with Gasteiger partial charge in [0.05, 0.1) is 17.1 Å². The third kappa shape index (κ3) is 6.90. The van der Waals surface area contributed by atoms with Crippen molar-refractivity contribution in [2.75, 3.05) is 5.88 Å². The minimum atomic E-state index is -0.689. The highest BCUT2D eigenvalue weighted by Gasteiger charge is 2.14. The summed E-state index contributed by atoms with van der Waals surface area (Å²) in [4.78, 5) is 21.0. The molecule has 0 bridgehead atoms. The smallest absolute Gasteiger partial charge is 0.337 e. The fourth-order valence-corrected chi connectivity index (χ4v) is 1.00. The summed E-state index contributed by atoms with van der Waals surface area (Å²) >= 11 is 5.41. The van der Waals surface area contributed by atoms with Crippen LogP contribution in [-0.4, -0.2) is 22.9 Å². The molecular formula is C9H14ClNO4. The van der Waals surface area contributed by atoms with Gasteiger partial charge in [-0.1, -0.05) is 0 Å². The van der Waals surface area contributed by atoms with E-state index in [9.17, 15) is 14.9 Å². The summed E-state index contributed by atoms with van der Waals surface area (Å²) in [6.45, 7) is 3.35. The van der Waals surface area contributed by atoms with Gasteiger partial charge in [-0.15, -0.1) is 11.6 Å². The standard InChI is InChI=1S/C9H14ClNO4/c1-7(2)15-9(12)6-8(11(13)14)4-3-5-10/h6-7H,3-5H2,1-2H3/b8-6+. The molecule has 5 nitrogen and oxygen atoms in total. The third-order valence-electron chi connectivity index (χ3n) is 1.44. The fraction of sp³-hybridized carbons (Fsp3) is 0.667. The Hall–Kier alpha value is -1.10. The van der Waals surface area contributed by atoms with Gasteiger partial charge < -0.3 is 4.74 Å². The van der Waals surface area contributed by atoms with Crippen LogP contribution in [0.4, 0.5) is 0 Å². The van der Waals surface area contributed by atoms with Crippen LogP contribution < -0.4 is 0 Å². The van der Waals surface area contributed by atoms with Gasteiger partial charge in [0, 0.05) is 12.3 Å². The molecule has 0 radical (unpaired) electrons. The van der Waals surface area contributed by atoms with E-state index < -0.39 is 10.9 Å². The predicted molar refractivity (Wildman–Crippen MR) is 56.3 cm³/mol. The number of allylic oxidation sites excluding steroid dienone is 1. The highest BCUT2D eigenvalue weighted by Crippen LogP contribution is 2.07. The second-order valence-electron chi connectivity index (χ2n) is 3.17. The second kappa shape index (κ2) is 7.23. The molecule has 0 aromatic carbocycles. The summed E-state index contributed by atoms with van der Waals surface area (Å²) in [5.74, 6) is -0.365. The van der Waals surface area contributed by atoms with Gasteiger partial charge in [0.1, 0.15) is 0 Å². The Balaban J connectivity index is 4.39. The number of hydrogen-bond donors (Lipinski definition) is 0. The van der Waals surface area contributed by atoms with Crippen LogP contribution in [0, 0.1) is 10.1 Å². The highest BCUT2D eigenvalue weighted by atomic mass is 35.5. The number of halogens is 1. The molecule has 0 heterocycles. The van der Waals surface area contributed by atoms with Crippen LogP contribution >= 0.6 is 11.6 Å². The number of esters is 1. The zero-order chi connectivity index (χ0) is 11.8. The number of rotatable bonds is 6. The van der Waals surface area contributed by atoms with E-state index in [-0.39, 0.29) is 18.2 Å². The average Bonchev–Trinajstić information content (AvgIpc) is 2.10. The van der Waals surface area contributed by atoms with Crippen LogP contribution in [0.5, 0.6) is 0 Å². The molecule has 0 fully saturated rings. The lowest BCUT2D eigenvalue weighted by atomic mass is 10.2. The highest BCUT2D eigenvalue weighted by molar-refractivity contribution is 6.17. The van der Waals surface area contributed by atoms with Crippen LogP contribution in [0.1, 0.15) is 26.7 Å². The summed E-state index contributed by atoms with van der Waals surface area (Å²) in [6, 6.07) is 0. The summed E-state index contributed by atoms with van der Waals surface area (Å²) in [5, 5.41) is 10.5. The molecule has 0 aromatic rings. The number of carbonyl (C=O) groups excluding carboxylic acids is 1. The van der Waals surface area contributed by atoms with Gasteiger partial charge in [-0.3, -0.25) is 10.1 Å². The normalized spacial score (nSPS) is 11.6. The molecule has 0 aliphatic carbocycles. The molecule has 0 rings (SSSR count). The number of alkyl halides is 1. The van der Waals surface area contributed by atoms with Crippen molar-refractivity contribution in [3.63, 3.8) is 0 Å². The van der Waals surface area contributed by atoms with E-state index in [4.69, 9.17) is 16.3 Å². The Morgan fingerprint density at radius 2 is 2.20 bits per heavy atom. The number of carbonyl (C=O) groups is 1. The molecular weight excluding hydrogens is 222 g/mol. The van der Waals surface area contributed by atoms with E-state index in [0.29, 0.717) is 12.3 Å². The summed E-state index contributed by atoms with van der Waals surface area (Å²) < 4.78 is 4.76. The molecule has 0 unspecified atom stereocenters. The van der Waals surface area contributed by atoms with E-state index in [1.807, 2.05) is 0 Å². The minimum Gasteiger partial charge on any atom is -0.460 e. The molecule has 0 amide bonds. The predicted octanol–water partition coefficient (Wildman–Crippen LogP) is 2.12. The lowest BCUT2D eigenvalue weighted by Crippen LogP contribution is -2.11. The largest absolute Gasteiger partial charge is 0.460 e. The molecule has 0 aliphatic heterocycles. The number of nitro groups is 1. The lowest BCUT2D eigenvalue weighted by molar-refractivity contribution is -0.428. The van der Waals surface area contributed by atoms with Crippen molar-refractivity contribution in [2.24, 2.45) is 0 Å². The summed E-state index contributed by atoms with van der Waals surface area (Å²) in [5.41, 5.74) is -0.165. The van der Waals surface area contributed by atoms with Crippen LogP contribution in [-0.2, 0) is 9.53 Å². The van der Waals surface area contributed by atoms with Crippen molar-refractivity contribution in [2.45, 2.75) is 32.8 Å². The Morgan fingerprint density at radius 1 is 1.60 bits per heavy atom. The van der Waals surface area contributed by atoms with Crippen molar-refractivity contribution in [1.29, 1.82) is 0 Å². The van der Waals surface area contributed by atoms with Gasteiger partial charge in [-0.05, 0) is 20.3 Å². The minimum absolute atomic E-state index is 0.165. The Kier molecular flexibility index (Phi) is 6.70. The SMILES string of the molecule is CC(C)OC(=O)/C=C(\CCCCl)[N+](=O)[O-].